The van der Waals surface area contributed by atoms with Crippen LogP contribution in [0, 0.1) is 0 Å². The number of hydrogen-bond acceptors (Lipinski definition) is 2. The number of hydrogen-bond donors (Lipinski definition) is 0. The van der Waals surface area contributed by atoms with Gasteiger partial charge < -0.3 is 4.90 Å². The summed E-state index contributed by atoms with van der Waals surface area (Å²) < 4.78 is 0. The van der Waals surface area contributed by atoms with E-state index in [1.807, 2.05) is 12.1 Å². The van der Waals surface area contributed by atoms with Crippen molar-refractivity contribution in [1.82, 2.24) is 0 Å². The van der Waals surface area contributed by atoms with E-state index in [-0.39, 0.29) is 0 Å². The van der Waals surface area contributed by atoms with Gasteiger partial charge in [0.25, 0.3) is 0 Å². The van der Waals surface area contributed by atoms with Crippen molar-refractivity contribution < 1.29 is 4.79 Å². The van der Waals surface area contributed by atoms with Crippen LogP contribution < -0.4 is 4.90 Å². The lowest BCUT2D eigenvalue weighted by molar-refractivity contribution is 0.112. The van der Waals surface area contributed by atoms with E-state index in [2.05, 4.69) is 17.9 Å². The zero-order valence-electron chi connectivity index (χ0n) is 9.91. The standard InChI is InChI=1S/C14H19NO/c1-2-13-10-12(11-16)6-7-14(13)15-8-4-3-5-9-15/h6-7,10-11H,2-5,8-9H2,1H3. The highest BCUT2D eigenvalue weighted by Gasteiger charge is 2.13. The third-order valence-corrected chi connectivity index (χ3v) is 3.32. The van der Waals surface area contributed by atoms with Crippen molar-refractivity contribution >= 4 is 12.0 Å². The van der Waals surface area contributed by atoms with Crippen molar-refractivity contribution in [3.8, 4) is 0 Å². The highest BCUT2D eigenvalue weighted by molar-refractivity contribution is 5.77. The topological polar surface area (TPSA) is 20.3 Å². The molecule has 0 atom stereocenters. The van der Waals surface area contributed by atoms with Crippen LogP contribution in [0.25, 0.3) is 0 Å². The van der Waals surface area contributed by atoms with Gasteiger partial charge in [0.2, 0.25) is 0 Å². The van der Waals surface area contributed by atoms with E-state index in [9.17, 15) is 4.79 Å². The summed E-state index contributed by atoms with van der Waals surface area (Å²) >= 11 is 0. The Morgan fingerprint density at radius 3 is 2.62 bits per heavy atom. The van der Waals surface area contributed by atoms with Gasteiger partial charge in [-0.05, 0) is 49.4 Å². The fraction of sp³-hybridized carbons (Fsp3) is 0.500. The summed E-state index contributed by atoms with van der Waals surface area (Å²) in [7, 11) is 0. The molecule has 16 heavy (non-hydrogen) atoms. The molecule has 0 unspecified atom stereocenters. The van der Waals surface area contributed by atoms with Crippen LogP contribution in [0.2, 0.25) is 0 Å². The van der Waals surface area contributed by atoms with E-state index in [0.717, 1.165) is 31.4 Å². The fourth-order valence-corrected chi connectivity index (χ4v) is 2.41. The van der Waals surface area contributed by atoms with Crippen LogP contribution in [0.15, 0.2) is 18.2 Å². The van der Waals surface area contributed by atoms with E-state index in [4.69, 9.17) is 0 Å². The number of carbonyl (C=O) groups is 1. The molecule has 1 aromatic rings. The van der Waals surface area contributed by atoms with Gasteiger partial charge in [-0.1, -0.05) is 6.92 Å². The van der Waals surface area contributed by atoms with Crippen LogP contribution in [0.5, 0.6) is 0 Å². The van der Waals surface area contributed by atoms with Gasteiger partial charge >= 0.3 is 0 Å². The molecule has 0 aliphatic carbocycles. The van der Waals surface area contributed by atoms with Gasteiger partial charge in [0.05, 0.1) is 0 Å². The summed E-state index contributed by atoms with van der Waals surface area (Å²) in [5.74, 6) is 0. The highest BCUT2D eigenvalue weighted by atomic mass is 16.1. The molecule has 2 heteroatoms. The number of benzene rings is 1. The van der Waals surface area contributed by atoms with Crippen molar-refractivity contribution in [3.05, 3.63) is 29.3 Å². The molecule has 2 nitrogen and oxygen atoms in total. The lowest BCUT2D eigenvalue weighted by atomic mass is 10.0. The number of rotatable bonds is 3. The van der Waals surface area contributed by atoms with Gasteiger partial charge in [0.15, 0.2) is 0 Å². The van der Waals surface area contributed by atoms with Crippen molar-refractivity contribution in [2.45, 2.75) is 32.6 Å². The Morgan fingerprint density at radius 2 is 2.00 bits per heavy atom. The van der Waals surface area contributed by atoms with E-state index in [0.29, 0.717) is 0 Å². The van der Waals surface area contributed by atoms with Gasteiger partial charge in [0.1, 0.15) is 6.29 Å². The quantitative estimate of drug-likeness (QED) is 0.725. The largest absolute Gasteiger partial charge is 0.371 e. The van der Waals surface area contributed by atoms with E-state index < -0.39 is 0 Å². The molecule has 1 heterocycles. The monoisotopic (exact) mass is 217 g/mol. The molecular weight excluding hydrogens is 198 g/mol. The lowest BCUT2D eigenvalue weighted by Crippen LogP contribution is -2.30. The average Bonchev–Trinajstić information content (AvgIpc) is 2.39. The van der Waals surface area contributed by atoms with Crippen LogP contribution in [0.4, 0.5) is 5.69 Å². The minimum Gasteiger partial charge on any atom is -0.371 e. The number of carbonyl (C=O) groups excluding carboxylic acids is 1. The van der Waals surface area contributed by atoms with Crippen LogP contribution in [0.1, 0.15) is 42.1 Å². The van der Waals surface area contributed by atoms with Crippen LogP contribution >= 0.6 is 0 Å². The average molecular weight is 217 g/mol. The third kappa shape index (κ3) is 2.26. The number of aryl methyl sites for hydroxylation is 1. The number of aldehydes is 1. The maximum Gasteiger partial charge on any atom is 0.150 e. The molecule has 0 saturated carbocycles. The van der Waals surface area contributed by atoms with Crippen LogP contribution in [-0.2, 0) is 6.42 Å². The molecule has 2 rings (SSSR count). The molecule has 0 amide bonds. The summed E-state index contributed by atoms with van der Waals surface area (Å²) in [5.41, 5.74) is 3.41. The molecule has 1 aliphatic rings. The first-order valence-electron chi connectivity index (χ1n) is 6.18. The highest BCUT2D eigenvalue weighted by Crippen LogP contribution is 2.25. The predicted octanol–water partition coefficient (Wildman–Crippen LogP) is 3.05. The Balaban J connectivity index is 2.27. The first-order valence-corrected chi connectivity index (χ1v) is 6.18. The van der Waals surface area contributed by atoms with Gasteiger partial charge in [-0.15, -0.1) is 0 Å². The molecule has 86 valence electrons. The van der Waals surface area contributed by atoms with Gasteiger partial charge in [-0.25, -0.2) is 0 Å². The minimum atomic E-state index is 0.789. The summed E-state index contributed by atoms with van der Waals surface area (Å²) in [6, 6.07) is 6.06. The third-order valence-electron chi connectivity index (χ3n) is 3.32. The zero-order valence-corrected chi connectivity index (χ0v) is 9.91. The van der Waals surface area contributed by atoms with Crippen molar-refractivity contribution in [3.63, 3.8) is 0 Å². The Kier molecular flexibility index (Phi) is 3.60. The van der Waals surface area contributed by atoms with E-state index >= 15 is 0 Å². The summed E-state index contributed by atoms with van der Waals surface area (Å²) in [4.78, 5) is 13.2. The number of anilines is 1. The number of piperidine rings is 1. The normalized spacial score (nSPS) is 16.2. The van der Waals surface area contributed by atoms with Gasteiger partial charge in [-0.2, -0.15) is 0 Å². The molecule has 1 saturated heterocycles. The molecule has 1 aromatic carbocycles. The Morgan fingerprint density at radius 1 is 1.25 bits per heavy atom. The second-order valence-corrected chi connectivity index (χ2v) is 4.41. The smallest absolute Gasteiger partial charge is 0.150 e. The first kappa shape index (κ1) is 11.2. The zero-order chi connectivity index (χ0) is 11.4. The van der Waals surface area contributed by atoms with Crippen molar-refractivity contribution in [2.75, 3.05) is 18.0 Å². The second kappa shape index (κ2) is 5.15. The summed E-state index contributed by atoms with van der Waals surface area (Å²) in [6.45, 7) is 4.47. The molecule has 0 aromatic heterocycles. The molecule has 0 bridgehead atoms. The summed E-state index contributed by atoms with van der Waals surface area (Å²) in [5, 5.41) is 0. The minimum absolute atomic E-state index is 0.789. The maximum absolute atomic E-state index is 10.7. The van der Waals surface area contributed by atoms with Crippen LogP contribution in [0.3, 0.4) is 0 Å². The number of nitrogens with zero attached hydrogens (tertiary/aromatic N) is 1. The second-order valence-electron chi connectivity index (χ2n) is 4.41. The van der Waals surface area contributed by atoms with Crippen LogP contribution in [-0.4, -0.2) is 19.4 Å². The lowest BCUT2D eigenvalue weighted by Gasteiger charge is -2.30. The Labute approximate surface area is 97.3 Å². The van der Waals surface area contributed by atoms with E-state index in [1.54, 1.807) is 0 Å². The summed E-state index contributed by atoms with van der Waals surface area (Å²) in [6.07, 6.45) is 5.86. The van der Waals surface area contributed by atoms with Gasteiger partial charge in [-0.3, -0.25) is 4.79 Å². The van der Waals surface area contributed by atoms with Crippen molar-refractivity contribution in [2.24, 2.45) is 0 Å². The molecule has 0 spiro atoms. The fourth-order valence-electron chi connectivity index (χ4n) is 2.41. The SMILES string of the molecule is CCc1cc(C=O)ccc1N1CCCCC1. The molecule has 1 aliphatic heterocycles. The van der Waals surface area contributed by atoms with Gasteiger partial charge in [0, 0.05) is 24.3 Å². The molecule has 1 fully saturated rings. The molecule has 0 radical (unpaired) electrons. The Bertz CT molecular complexity index is 367. The molecular formula is C14H19NO. The molecule has 0 N–H and O–H groups in total. The van der Waals surface area contributed by atoms with Crippen molar-refractivity contribution in [1.29, 1.82) is 0 Å². The Hall–Kier alpha value is -1.31. The maximum atomic E-state index is 10.7. The predicted molar refractivity (Wildman–Crippen MR) is 67.3 cm³/mol. The van der Waals surface area contributed by atoms with E-state index in [1.165, 1.54) is 30.5 Å². The first-order chi connectivity index (χ1) is 7.85.